The molecule has 23 heteroatoms. The molecule has 23 nitrogen and oxygen atoms in total. The molecule has 0 radical (unpaired) electrons. The average molecular weight is 704 g/mol. The predicted molar refractivity (Wildman–Crippen MR) is 164 cm³/mol. The minimum absolute atomic E-state index is 0.694. The minimum atomic E-state index is -0.833. The van der Waals surface area contributed by atoms with E-state index in [1.165, 1.54) is 0 Å². The van der Waals surface area contributed by atoms with E-state index in [0.29, 0.717) is 13.1 Å². The van der Waals surface area contributed by atoms with E-state index in [4.69, 9.17) is 110 Å². The fraction of sp³-hybridized carbons (Fsp3) is 0.583. The first-order valence-corrected chi connectivity index (χ1v) is 11.8. The van der Waals surface area contributed by atoms with Gasteiger partial charge in [-0.3, -0.25) is 47.9 Å². The molecule has 0 amide bonds. The van der Waals surface area contributed by atoms with Gasteiger partial charge in [0.15, 0.2) is 0 Å². The predicted octanol–water partition coefficient (Wildman–Crippen LogP) is -0.598. The van der Waals surface area contributed by atoms with Gasteiger partial charge in [0, 0.05) is 95.4 Å². The number of nitrogens with two attached hydrogens (primary N) is 2. The molecule has 284 valence electrons. The highest BCUT2D eigenvalue weighted by molar-refractivity contribution is 5.65. The van der Waals surface area contributed by atoms with Crippen molar-refractivity contribution in [1.82, 2.24) is 5.32 Å². The molecular formula is C24H53N3O20. The highest BCUT2D eigenvalue weighted by atomic mass is 16.4. The summed E-state index contributed by atoms with van der Waals surface area (Å²) in [6, 6.07) is 0. The highest BCUT2D eigenvalue weighted by Crippen LogP contribution is 1.49. The van der Waals surface area contributed by atoms with E-state index in [1.807, 2.05) is 0 Å². The summed E-state index contributed by atoms with van der Waals surface area (Å²) in [6.07, 6.45) is 0. The second kappa shape index (κ2) is 72.7. The Bertz CT molecular complexity index is 559. The van der Waals surface area contributed by atoms with Gasteiger partial charge in [-0.25, -0.2) is 0 Å². The van der Waals surface area contributed by atoms with Crippen LogP contribution in [0.1, 0.15) is 69.2 Å². The van der Waals surface area contributed by atoms with Gasteiger partial charge in [0.1, 0.15) is 0 Å². The third-order valence-electron chi connectivity index (χ3n) is 0.642. The number of hydrogen-bond acceptors (Lipinski definition) is 13. The Kier molecular flexibility index (Phi) is 113. The average Bonchev–Trinajstić information content (AvgIpc) is 2.70. The van der Waals surface area contributed by atoms with Crippen molar-refractivity contribution in [3.63, 3.8) is 0 Å². The molecule has 0 saturated carbocycles. The molecule has 0 unspecified atom stereocenters. The lowest BCUT2D eigenvalue weighted by Gasteiger charge is -1.95. The Morgan fingerprint density at radius 2 is 0.383 bits per heavy atom. The van der Waals surface area contributed by atoms with Crippen LogP contribution in [0.15, 0.2) is 0 Å². The van der Waals surface area contributed by atoms with Gasteiger partial charge in [-0.05, 0) is 0 Å². The van der Waals surface area contributed by atoms with E-state index in [9.17, 15) is 0 Å². The molecule has 0 aromatic heterocycles. The fourth-order valence-electron chi connectivity index (χ4n) is 0.329. The summed E-state index contributed by atoms with van der Waals surface area (Å²) in [6.45, 7) is 14.0. The molecule has 0 fully saturated rings. The first-order valence-electron chi connectivity index (χ1n) is 11.8. The van der Waals surface area contributed by atoms with E-state index in [0.717, 1.165) is 82.3 Å². The highest BCUT2D eigenvalue weighted by Gasteiger charge is 1.76. The van der Waals surface area contributed by atoms with Crippen LogP contribution in [0.2, 0.25) is 0 Å². The van der Waals surface area contributed by atoms with E-state index in [2.05, 4.69) is 5.32 Å². The van der Waals surface area contributed by atoms with Crippen LogP contribution in [0.25, 0.3) is 0 Å². The first kappa shape index (κ1) is 73.2. The third-order valence-corrected chi connectivity index (χ3v) is 0.642. The summed E-state index contributed by atoms with van der Waals surface area (Å²) in [5.74, 6) is -8.33. The van der Waals surface area contributed by atoms with E-state index in [1.54, 1.807) is 0 Å². The van der Waals surface area contributed by atoms with Gasteiger partial charge in [-0.1, -0.05) is 0 Å². The number of nitrogens with one attached hydrogen (secondary N) is 1. The Morgan fingerprint density at radius 3 is 0.426 bits per heavy atom. The zero-order valence-corrected chi connectivity index (χ0v) is 28.0. The number of carbonyl (C=O) groups is 10. The standard InChI is InChI=1S/C4H13N3.10C2H4O2/c5-1-3-7-4-2-6;10*1-2(3)4/h7H,1-6H2;10*1H3,(H,3,4). The van der Waals surface area contributed by atoms with Gasteiger partial charge in [0.25, 0.3) is 59.7 Å². The fourth-order valence-corrected chi connectivity index (χ4v) is 0.329. The van der Waals surface area contributed by atoms with Crippen LogP contribution in [0, 0.1) is 0 Å². The molecule has 0 aliphatic carbocycles. The molecular weight excluding hydrogens is 650 g/mol. The maximum Gasteiger partial charge on any atom is 0.300 e. The topological polar surface area (TPSA) is 437 Å². The molecule has 0 rings (SSSR count). The monoisotopic (exact) mass is 703 g/mol. The van der Waals surface area contributed by atoms with E-state index in [-0.39, 0.29) is 0 Å². The smallest absolute Gasteiger partial charge is 0.300 e. The van der Waals surface area contributed by atoms with Gasteiger partial charge in [-0.15, -0.1) is 0 Å². The number of carboxylic acid groups (broad SMARTS) is 10. The van der Waals surface area contributed by atoms with Crippen LogP contribution in [-0.2, 0) is 47.9 Å². The third kappa shape index (κ3) is 30000. The van der Waals surface area contributed by atoms with Gasteiger partial charge in [0.05, 0.1) is 0 Å². The van der Waals surface area contributed by atoms with Gasteiger partial charge < -0.3 is 67.8 Å². The van der Waals surface area contributed by atoms with Crippen LogP contribution in [0.3, 0.4) is 0 Å². The quantitative estimate of drug-likeness (QED) is 0.162. The van der Waals surface area contributed by atoms with Crippen LogP contribution < -0.4 is 16.8 Å². The number of aliphatic carboxylic acids is 10. The summed E-state index contributed by atoms with van der Waals surface area (Å²) in [7, 11) is 0. The Labute approximate surface area is 271 Å². The number of hydrogen-bond donors (Lipinski definition) is 13. The minimum Gasteiger partial charge on any atom is -0.481 e. The Balaban J connectivity index is -0.0000000339. The number of rotatable bonds is 4. The molecule has 0 aromatic rings. The molecule has 0 aromatic carbocycles. The maximum atomic E-state index is 9.00. The molecule has 47 heavy (non-hydrogen) atoms. The van der Waals surface area contributed by atoms with E-state index < -0.39 is 59.7 Å². The summed E-state index contributed by atoms with van der Waals surface area (Å²) >= 11 is 0. The van der Waals surface area contributed by atoms with E-state index >= 15 is 0 Å². The molecule has 0 aliphatic heterocycles. The zero-order valence-electron chi connectivity index (χ0n) is 28.0. The van der Waals surface area contributed by atoms with Crippen LogP contribution >= 0.6 is 0 Å². The largest absolute Gasteiger partial charge is 0.481 e. The summed E-state index contributed by atoms with van der Waals surface area (Å²) in [4.78, 5) is 90.0. The van der Waals surface area contributed by atoms with Gasteiger partial charge in [-0.2, -0.15) is 0 Å². The van der Waals surface area contributed by atoms with Crippen LogP contribution in [0.4, 0.5) is 0 Å². The molecule has 0 aliphatic rings. The van der Waals surface area contributed by atoms with Crippen LogP contribution in [-0.4, -0.2) is 137 Å². The molecule has 0 spiro atoms. The van der Waals surface area contributed by atoms with Crippen molar-refractivity contribution in [2.24, 2.45) is 11.5 Å². The van der Waals surface area contributed by atoms with Crippen molar-refractivity contribution in [3.8, 4) is 0 Å². The van der Waals surface area contributed by atoms with Crippen molar-refractivity contribution in [3.05, 3.63) is 0 Å². The van der Waals surface area contributed by atoms with Crippen molar-refractivity contribution in [2.75, 3.05) is 26.2 Å². The normalized spacial score (nSPS) is 6.72. The Hall–Kier alpha value is -5.42. The molecule has 0 atom stereocenters. The van der Waals surface area contributed by atoms with Gasteiger partial charge >= 0.3 is 0 Å². The van der Waals surface area contributed by atoms with Gasteiger partial charge in [0.2, 0.25) is 0 Å². The number of carboxylic acids is 10. The second-order valence-corrected chi connectivity index (χ2v) is 6.52. The lowest BCUT2D eigenvalue weighted by Crippen LogP contribution is -2.27. The van der Waals surface area contributed by atoms with Crippen molar-refractivity contribution >= 4 is 59.7 Å². The van der Waals surface area contributed by atoms with Crippen LogP contribution in [0.5, 0.6) is 0 Å². The van der Waals surface area contributed by atoms with Crippen molar-refractivity contribution in [1.29, 1.82) is 0 Å². The lowest BCUT2D eigenvalue weighted by molar-refractivity contribution is -0.135. The molecule has 0 saturated heterocycles. The summed E-state index contributed by atoms with van der Waals surface area (Å²) in [5, 5.41) is 77.2. The lowest BCUT2D eigenvalue weighted by atomic mass is 10.6. The SMILES string of the molecule is CC(=O)O.CC(=O)O.CC(=O)O.CC(=O)O.CC(=O)O.CC(=O)O.CC(=O)O.CC(=O)O.CC(=O)O.CC(=O)O.NCCNCCN. The Morgan fingerprint density at radius 1 is 0.319 bits per heavy atom. The second-order valence-electron chi connectivity index (χ2n) is 6.52. The maximum absolute atomic E-state index is 9.00. The molecule has 0 bridgehead atoms. The first-order chi connectivity index (χ1) is 20.7. The summed E-state index contributed by atoms with van der Waals surface area (Å²) < 4.78 is 0. The van der Waals surface area contributed by atoms with Crippen molar-refractivity contribution in [2.45, 2.75) is 69.2 Å². The van der Waals surface area contributed by atoms with Crippen molar-refractivity contribution < 1.29 is 99.0 Å². The zero-order chi connectivity index (χ0) is 41.3. The molecule has 15 N–H and O–H groups in total. The molecule has 0 heterocycles. The summed E-state index contributed by atoms with van der Waals surface area (Å²) in [5.41, 5.74) is 10.3.